The third kappa shape index (κ3) is 3.54. The Hall–Kier alpha value is -1.59. The molecule has 0 aliphatic carbocycles. The molecule has 1 N–H and O–H groups in total. The third-order valence-electron chi connectivity index (χ3n) is 3.77. The molecule has 114 valence electrons. The first kappa shape index (κ1) is 15.8. The monoisotopic (exact) mass is 311 g/mol. The van der Waals surface area contributed by atoms with E-state index >= 15 is 0 Å². The summed E-state index contributed by atoms with van der Waals surface area (Å²) in [4.78, 5) is 25.3. The molecule has 0 saturated carbocycles. The standard InChI is InChI=1S/C15H18ClNO4/c1-21-9-8-17-13(18)7-6-12(15(19)20)14(17)10-2-4-11(16)5-3-10/h2-5,12,14H,6-9H2,1H3,(H,19,20). The van der Waals surface area contributed by atoms with Crippen molar-refractivity contribution in [3.05, 3.63) is 34.9 Å². The Morgan fingerprint density at radius 3 is 2.67 bits per heavy atom. The van der Waals surface area contributed by atoms with Gasteiger partial charge in [-0.05, 0) is 24.1 Å². The molecule has 0 spiro atoms. The average Bonchev–Trinajstić information content (AvgIpc) is 2.46. The quantitative estimate of drug-likeness (QED) is 0.906. The molecule has 0 radical (unpaired) electrons. The molecule has 1 aromatic carbocycles. The Bertz CT molecular complexity index is 517. The second kappa shape index (κ2) is 6.91. The van der Waals surface area contributed by atoms with Gasteiger partial charge in [0.05, 0.1) is 18.6 Å². The molecule has 1 heterocycles. The van der Waals surface area contributed by atoms with E-state index in [0.29, 0.717) is 24.6 Å². The SMILES string of the molecule is COCCN1C(=O)CCC(C(=O)O)C1c1ccc(Cl)cc1. The van der Waals surface area contributed by atoms with Gasteiger partial charge in [0.25, 0.3) is 0 Å². The number of halogens is 1. The molecule has 1 fully saturated rings. The first-order valence-corrected chi connectivity index (χ1v) is 7.19. The molecule has 0 aromatic heterocycles. The smallest absolute Gasteiger partial charge is 0.308 e. The van der Waals surface area contributed by atoms with Crippen molar-refractivity contribution in [3.8, 4) is 0 Å². The number of amides is 1. The Morgan fingerprint density at radius 1 is 1.43 bits per heavy atom. The number of carboxylic acid groups (broad SMARTS) is 1. The first-order chi connectivity index (χ1) is 10.0. The normalized spacial score (nSPS) is 22.4. The van der Waals surface area contributed by atoms with Crippen molar-refractivity contribution in [2.24, 2.45) is 5.92 Å². The molecule has 1 amide bonds. The zero-order valence-corrected chi connectivity index (χ0v) is 12.5. The maximum absolute atomic E-state index is 12.2. The molecule has 1 aromatic rings. The summed E-state index contributed by atoms with van der Waals surface area (Å²) in [5.41, 5.74) is 0.788. The molecule has 6 heteroatoms. The highest BCUT2D eigenvalue weighted by Crippen LogP contribution is 2.37. The Morgan fingerprint density at radius 2 is 2.10 bits per heavy atom. The fourth-order valence-electron chi connectivity index (χ4n) is 2.74. The highest BCUT2D eigenvalue weighted by atomic mass is 35.5. The number of nitrogens with zero attached hydrogens (tertiary/aromatic N) is 1. The Labute approximate surface area is 128 Å². The predicted molar refractivity (Wildman–Crippen MR) is 78.1 cm³/mol. The summed E-state index contributed by atoms with van der Waals surface area (Å²) in [5, 5.41) is 10.0. The number of carbonyl (C=O) groups excluding carboxylic acids is 1. The van der Waals surface area contributed by atoms with E-state index in [1.165, 1.54) is 0 Å². The first-order valence-electron chi connectivity index (χ1n) is 6.81. The van der Waals surface area contributed by atoms with E-state index in [-0.39, 0.29) is 12.3 Å². The lowest BCUT2D eigenvalue weighted by Gasteiger charge is -2.39. The number of rotatable bonds is 5. The van der Waals surface area contributed by atoms with Crippen LogP contribution >= 0.6 is 11.6 Å². The zero-order valence-electron chi connectivity index (χ0n) is 11.8. The van der Waals surface area contributed by atoms with Crippen molar-refractivity contribution in [3.63, 3.8) is 0 Å². The van der Waals surface area contributed by atoms with Crippen LogP contribution in [0.5, 0.6) is 0 Å². The van der Waals surface area contributed by atoms with Crippen molar-refractivity contribution < 1.29 is 19.4 Å². The molecule has 21 heavy (non-hydrogen) atoms. The van der Waals surface area contributed by atoms with Crippen LogP contribution in [0.1, 0.15) is 24.4 Å². The summed E-state index contributed by atoms with van der Waals surface area (Å²) < 4.78 is 5.03. The van der Waals surface area contributed by atoms with Gasteiger partial charge in [-0.1, -0.05) is 23.7 Å². The van der Waals surface area contributed by atoms with Gasteiger partial charge >= 0.3 is 5.97 Å². The van der Waals surface area contributed by atoms with Crippen molar-refractivity contribution in [2.75, 3.05) is 20.3 Å². The number of hydrogen-bond acceptors (Lipinski definition) is 3. The summed E-state index contributed by atoms with van der Waals surface area (Å²) in [5.74, 6) is -1.53. The summed E-state index contributed by atoms with van der Waals surface area (Å²) >= 11 is 5.88. The number of methoxy groups -OCH3 is 1. The topological polar surface area (TPSA) is 66.8 Å². The average molecular weight is 312 g/mol. The minimum Gasteiger partial charge on any atom is -0.481 e. The fraction of sp³-hybridized carbons (Fsp3) is 0.467. The zero-order chi connectivity index (χ0) is 15.4. The number of carboxylic acids is 1. The van der Waals surface area contributed by atoms with Gasteiger partial charge in [0.15, 0.2) is 0 Å². The van der Waals surface area contributed by atoms with Gasteiger partial charge in [-0.2, -0.15) is 0 Å². The predicted octanol–water partition coefficient (Wildman–Crippen LogP) is 2.35. The van der Waals surface area contributed by atoms with Gasteiger partial charge in [0.2, 0.25) is 5.91 Å². The number of ether oxygens (including phenoxy) is 1. The van der Waals surface area contributed by atoms with E-state index in [0.717, 1.165) is 5.56 Å². The Balaban J connectivity index is 2.35. The Kier molecular flexibility index (Phi) is 5.20. The summed E-state index contributed by atoms with van der Waals surface area (Å²) in [7, 11) is 1.56. The summed E-state index contributed by atoms with van der Waals surface area (Å²) in [6.07, 6.45) is 0.607. The fourth-order valence-corrected chi connectivity index (χ4v) is 2.86. The van der Waals surface area contributed by atoms with Crippen LogP contribution in [0.15, 0.2) is 24.3 Å². The third-order valence-corrected chi connectivity index (χ3v) is 4.02. The van der Waals surface area contributed by atoms with Gasteiger partial charge in [0.1, 0.15) is 0 Å². The van der Waals surface area contributed by atoms with Crippen molar-refractivity contribution >= 4 is 23.5 Å². The van der Waals surface area contributed by atoms with E-state index in [4.69, 9.17) is 16.3 Å². The summed E-state index contributed by atoms with van der Waals surface area (Å²) in [6.45, 7) is 0.759. The lowest BCUT2D eigenvalue weighted by Crippen LogP contribution is -2.46. The molecular weight excluding hydrogens is 294 g/mol. The lowest BCUT2D eigenvalue weighted by atomic mass is 9.84. The van der Waals surface area contributed by atoms with Crippen LogP contribution < -0.4 is 0 Å². The number of piperidine rings is 1. The number of hydrogen-bond donors (Lipinski definition) is 1. The molecule has 0 bridgehead atoms. The minimum atomic E-state index is -0.884. The van der Waals surface area contributed by atoms with Crippen LogP contribution in [0, 0.1) is 5.92 Å². The van der Waals surface area contributed by atoms with Crippen LogP contribution in [-0.2, 0) is 14.3 Å². The highest BCUT2D eigenvalue weighted by molar-refractivity contribution is 6.30. The van der Waals surface area contributed by atoms with Crippen molar-refractivity contribution in [2.45, 2.75) is 18.9 Å². The molecule has 2 rings (SSSR count). The molecule has 5 nitrogen and oxygen atoms in total. The van der Waals surface area contributed by atoms with Crippen LogP contribution in [0.4, 0.5) is 0 Å². The van der Waals surface area contributed by atoms with E-state index in [1.807, 2.05) is 0 Å². The second-order valence-corrected chi connectivity index (χ2v) is 5.50. The van der Waals surface area contributed by atoms with E-state index in [2.05, 4.69) is 0 Å². The summed E-state index contributed by atoms with van der Waals surface area (Å²) in [6, 6.07) is 6.51. The second-order valence-electron chi connectivity index (χ2n) is 5.06. The molecular formula is C15H18ClNO4. The number of likely N-dealkylation sites (tertiary alicyclic amines) is 1. The van der Waals surface area contributed by atoms with E-state index < -0.39 is 17.9 Å². The molecule has 1 aliphatic heterocycles. The van der Waals surface area contributed by atoms with Crippen molar-refractivity contribution in [1.29, 1.82) is 0 Å². The lowest BCUT2D eigenvalue weighted by molar-refractivity contribution is -0.152. The van der Waals surface area contributed by atoms with E-state index in [9.17, 15) is 14.7 Å². The maximum Gasteiger partial charge on any atom is 0.308 e. The largest absolute Gasteiger partial charge is 0.481 e. The molecule has 2 unspecified atom stereocenters. The van der Waals surface area contributed by atoms with Crippen molar-refractivity contribution in [1.82, 2.24) is 4.90 Å². The van der Waals surface area contributed by atoms with Crippen LogP contribution in [-0.4, -0.2) is 42.1 Å². The van der Waals surface area contributed by atoms with Gasteiger partial charge in [0, 0.05) is 25.1 Å². The van der Waals surface area contributed by atoms with Crippen LogP contribution in [0.3, 0.4) is 0 Å². The van der Waals surface area contributed by atoms with Crippen LogP contribution in [0.25, 0.3) is 0 Å². The molecule has 1 aliphatic rings. The minimum absolute atomic E-state index is 0.0375. The maximum atomic E-state index is 12.2. The van der Waals surface area contributed by atoms with Gasteiger partial charge < -0.3 is 14.7 Å². The molecule has 2 atom stereocenters. The van der Waals surface area contributed by atoms with Gasteiger partial charge in [-0.3, -0.25) is 9.59 Å². The van der Waals surface area contributed by atoms with Gasteiger partial charge in [-0.25, -0.2) is 0 Å². The van der Waals surface area contributed by atoms with Crippen LogP contribution in [0.2, 0.25) is 5.02 Å². The molecule has 1 saturated heterocycles. The van der Waals surface area contributed by atoms with Gasteiger partial charge in [-0.15, -0.1) is 0 Å². The number of benzene rings is 1. The van der Waals surface area contributed by atoms with E-state index in [1.54, 1.807) is 36.3 Å². The number of carbonyl (C=O) groups is 2. The number of aliphatic carboxylic acids is 1. The highest BCUT2D eigenvalue weighted by Gasteiger charge is 2.40.